The summed E-state index contributed by atoms with van der Waals surface area (Å²) in [7, 11) is -1.36. The van der Waals surface area contributed by atoms with E-state index in [1.54, 1.807) is 0 Å². The van der Waals surface area contributed by atoms with Gasteiger partial charge in [0.05, 0.1) is 5.75 Å². The fourth-order valence-electron chi connectivity index (χ4n) is 2.19. The smallest absolute Gasteiger partial charge is 0.210 e. The lowest BCUT2D eigenvalue weighted by atomic mass is 9.92. The van der Waals surface area contributed by atoms with E-state index >= 15 is 0 Å². The van der Waals surface area contributed by atoms with E-state index in [0.29, 0.717) is 18.5 Å². The zero-order chi connectivity index (χ0) is 12.2. The van der Waals surface area contributed by atoms with Crippen molar-refractivity contribution in [2.24, 2.45) is 11.1 Å². The molecule has 5 nitrogen and oxygen atoms in total. The Morgan fingerprint density at radius 2 is 2.25 bits per heavy atom. The zero-order valence-electron chi connectivity index (χ0n) is 10.1. The number of nitrogens with one attached hydrogen (secondary N) is 1. The predicted molar refractivity (Wildman–Crippen MR) is 65.7 cm³/mol. The molecule has 0 bridgehead atoms. The lowest BCUT2D eigenvalue weighted by Gasteiger charge is -2.35. The predicted octanol–water partition coefficient (Wildman–Crippen LogP) is -0.405. The van der Waals surface area contributed by atoms with Crippen LogP contribution in [0.15, 0.2) is 0 Å². The number of nitrogens with two attached hydrogens (primary N) is 1. The number of hydrogen-bond acceptors (Lipinski definition) is 4. The van der Waals surface area contributed by atoms with Crippen LogP contribution in [0.3, 0.4) is 0 Å². The summed E-state index contributed by atoms with van der Waals surface area (Å²) in [6.07, 6.45) is 2.36. The van der Waals surface area contributed by atoms with E-state index in [2.05, 4.69) is 17.1 Å². The lowest BCUT2D eigenvalue weighted by Crippen LogP contribution is -2.45. The quantitative estimate of drug-likeness (QED) is 0.695. The molecule has 1 heterocycles. The highest BCUT2D eigenvalue weighted by Crippen LogP contribution is 2.19. The Balaban J connectivity index is 2.39. The van der Waals surface area contributed by atoms with E-state index in [4.69, 9.17) is 5.14 Å². The molecule has 0 aromatic rings. The van der Waals surface area contributed by atoms with Crippen molar-refractivity contribution in [1.29, 1.82) is 0 Å². The summed E-state index contributed by atoms with van der Waals surface area (Å²) in [5, 5.41) is 8.26. The highest BCUT2D eigenvalue weighted by atomic mass is 32.2. The third kappa shape index (κ3) is 4.78. The van der Waals surface area contributed by atoms with Gasteiger partial charge in [-0.2, -0.15) is 0 Å². The molecule has 96 valence electrons. The number of piperidine rings is 1. The maximum absolute atomic E-state index is 10.9. The molecule has 0 radical (unpaired) electrons. The van der Waals surface area contributed by atoms with Gasteiger partial charge >= 0.3 is 0 Å². The third-order valence-electron chi connectivity index (χ3n) is 3.40. The van der Waals surface area contributed by atoms with Crippen LogP contribution in [0.2, 0.25) is 0 Å². The zero-order valence-corrected chi connectivity index (χ0v) is 11.0. The van der Waals surface area contributed by atoms with Crippen molar-refractivity contribution in [3.8, 4) is 0 Å². The molecule has 16 heavy (non-hydrogen) atoms. The van der Waals surface area contributed by atoms with Crippen molar-refractivity contribution in [3.63, 3.8) is 0 Å². The van der Waals surface area contributed by atoms with Gasteiger partial charge in [0, 0.05) is 19.1 Å². The van der Waals surface area contributed by atoms with E-state index in [9.17, 15) is 8.42 Å². The van der Waals surface area contributed by atoms with Gasteiger partial charge in [-0.25, -0.2) is 13.6 Å². The van der Waals surface area contributed by atoms with E-state index < -0.39 is 10.0 Å². The molecule has 6 heteroatoms. The second-order valence-corrected chi connectivity index (χ2v) is 6.38. The maximum atomic E-state index is 10.9. The first-order chi connectivity index (χ1) is 7.42. The molecular formula is C10H23N3O2S. The van der Waals surface area contributed by atoms with Crippen LogP contribution in [0.25, 0.3) is 0 Å². The van der Waals surface area contributed by atoms with Crippen LogP contribution in [-0.2, 0) is 10.0 Å². The Kier molecular flexibility index (Phi) is 5.17. The monoisotopic (exact) mass is 249 g/mol. The van der Waals surface area contributed by atoms with Crippen LogP contribution >= 0.6 is 0 Å². The van der Waals surface area contributed by atoms with Gasteiger partial charge in [-0.05, 0) is 39.3 Å². The molecule has 1 fully saturated rings. The Morgan fingerprint density at radius 3 is 2.81 bits per heavy atom. The molecule has 0 aromatic heterocycles. The maximum Gasteiger partial charge on any atom is 0.210 e. The first-order valence-corrected chi connectivity index (χ1v) is 7.54. The SMILES string of the molecule is CNC(C)C1CCCN(CCS(N)(=O)=O)C1. The molecule has 1 aliphatic rings. The van der Waals surface area contributed by atoms with Gasteiger partial charge in [0.15, 0.2) is 0 Å². The Morgan fingerprint density at radius 1 is 1.56 bits per heavy atom. The minimum atomic E-state index is -3.32. The molecular weight excluding hydrogens is 226 g/mol. The Labute approximate surface area is 98.4 Å². The minimum absolute atomic E-state index is 0.0631. The van der Waals surface area contributed by atoms with Crippen molar-refractivity contribution in [1.82, 2.24) is 10.2 Å². The number of sulfonamides is 1. The first kappa shape index (κ1) is 13.9. The van der Waals surface area contributed by atoms with Gasteiger partial charge in [-0.3, -0.25) is 0 Å². The van der Waals surface area contributed by atoms with Crippen molar-refractivity contribution < 1.29 is 8.42 Å². The summed E-state index contributed by atoms with van der Waals surface area (Å²) < 4.78 is 21.8. The number of primary sulfonamides is 1. The molecule has 0 aromatic carbocycles. The van der Waals surface area contributed by atoms with Crippen molar-refractivity contribution in [2.75, 3.05) is 32.4 Å². The second kappa shape index (κ2) is 5.95. The average molecular weight is 249 g/mol. The van der Waals surface area contributed by atoms with E-state index in [1.165, 1.54) is 6.42 Å². The highest BCUT2D eigenvalue weighted by Gasteiger charge is 2.24. The topological polar surface area (TPSA) is 75.4 Å². The molecule has 1 aliphatic heterocycles. The standard InChI is InChI=1S/C10H23N3O2S/c1-9(12-2)10-4-3-5-13(8-10)6-7-16(11,14)15/h9-10,12H,3-8H2,1-2H3,(H2,11,14,15). The highest BCUT2D eigenvalue weighted by molar-refractivity contribution is 7.89. The normalized spacial score (nSPS) is 25.6. The first-order valence-electron chi connectivity index (χ1n) is 5.82. The Hall–Kier alpha value is -0.170. The summed E-state index contributed by atoms with van der Waals surface area (Å²) in [5.74, 6) is 0.674. The molecule has 0 spiro atoms. The van der Waals surface area contributed by atoms with E-state index in [-0.39, 0.29) is 5.75 Å². The van der Waals surface area contributed by atoms with Gasteiger partial charge in [-0.15, -0.1) is 0 Å². The van der Waals surface area contributed by atoms with Gasteiger partial charge in [0.25, 0.3) is 0 Å². The van der Waals surface area contributed by atoms with Gasteiger partial charge in [0.2, 0.25) is 10.0 Å². The number of rotatable bonds is 5. The number of hydrogen-bond donors (Lipinski definition) is 2. The summed E-state index contributed by atoms with van der Waals surface area (Å²) in [6.45, 7) is 4.69. The molecule has 2 unspecified atom stereocenters. The molecule has 1 saturated heterocycles. The number of likely N-dealkylation sites (tertiary alicyclic amines) is 1. The Bertz CT molecular complexity index is 305. The van der Waals surface area contributed by atoms with Crippen LogP contribution in [0.4, 0.5) is 0 Å². The second-order valence-electron chi connectivity index (χ2n) is 4.65. The molecule has 2 atom stereocenters. The van der Waals surface area contributed by atoms with Gasteiger partial charge in [-0.1, -0.05) is 0 Å². The van der Waals surface area contributed by atoms with Crippen LogP contribution < -0.4 is 10.5 Å². The summed E-state index contributed by atoms with van der Waals surface area (Å²) in [6, 6.07) is 0.484. The van der Waals surface area contributed by atoms with Crippen molar-refractivity contribution >= 4 is 10.0 Å². The van der Waals surface area contributed by atoms with E-state index in [0.717, 1.165) is 19.5 Å². The van der Waals surface area contributed by atoms with Crippen LogP contribution in [0, 0.1) is 5.92 Å². The van der Waals surface area contributed by atoms with Gasteiger partial charge < -0.3 is 10.2 Å². The molecule has 1 rings (SSSR count). The van der Waals surface area contributed by atoms with E-state index in [1.807, 2.05) is 7.05 Å². The minimum Gasteiger partial charge on any atom is -0.317 e. The third-order valence-corrected chi connectivity index (χ3v) is 4.15. The van der Waals surface area contributed by atoms with Gasteiger partial charge in [0.1, 0.15) is 0 Å². The molecule has 0 aliphatic carbocycles. The van der Waals surface area contributed by atoms with Crippen molar-refractivity contribution in [3.05, 3.63) is 0 Å². The fraction of sp³-hybridized carbons (Fsp3) is 1.00. The number of nitrogens with zero attached hydrogens (tertiary/aromatic N) is 1. The lowest BCUT2D eigenvalue weighted by molar-refractivity contribution is 0.160. The summed E-state index contributed by atoms with van der Waals surface area (Å²) in [4.78, 5) is 2.20. The van der Waals surface area contributed by atoms with Crippen LogP contribution in [0.5, 0.6) is 0 Å². The summed E-state index contributed by atoms with van der Waals surface area (Å²) >= 11 is 0. The van der Waals surface area contributed by atoms with Crippen molar-refractivity contribution in [2.45, 2.75) is 25.8 Å². The molecule has 0 amide bonds. The van der Waals surface area contributed by atoms with Crippen LogP contribution in [0.1, 0.15) is 19.8 Å². The van der Waals surface area contributed by atoms with Crippen LogP contribution in [-0.4, -0.2) is 51.8 Å². The fourth-order valence-corrected chi connectivity index (χ4v) is 2.71. The average Bonchev–Trinajstić information content (AvgIpc) is 2.25. The molecule has 0 saturated carbocycles. The largest absolute Gasteiger partial charge is 0.317 e. The summed E-state index contributed by atoms with van der Waals surface area (Å²) in [5.41, 5.74) is 0. The molecule has 3 N–H and O–H groups in total.